The third kappa shape index (κ3) is 5.90. The van der Waals surface area contributed by atoms with Gasteiger partial charge in [0, 0.05) is 20.1 Å². The maximum Gasteiger partial charge on any atom is 0.149 e. The van der Waals surface area contributed by atoms with E-state index in [0.717, 1.165) is 24.7 Å². The monoisotopic (exact) mass is 264 g/mol. The molecule has 0 saturated heterocycles. The number of anilines is 2. The van der Waals surface area contributed by atoms with Gasteiger partial charge in [0.25, 0.3) is 0 Å². The second-order valence-corrected chi connectivity index (χ2v) is 5.86. The summed E-state index contributed by atoms with van der Waals surface area (Å²) in [5.41, 5.74) is 0. The molecule has 1 aromatic rings. The zero-order chi connectivity index (χ0) is 14.3. The molecule has 0 radical (unpaired) electrons. The first-order chi connectivity index (χ1) is 9.02. The van der Waals surface area contributed by atoms with Crippen molar-refractivity contribution in [2.24, 2.45) is 11.8 Å². The minimum absolute atomic E-state index is 0.710. The Morgan fingerprint density at radius 2 is 1.63 bits per heavy atom. The van der Waals surface area contributed by atoms with Crippen LogP contribution < -0.4 is 10.2 Å². The largest absolute Gasteiger partial charge is 0.372 e. The van der Waals surface area contributed by atoms with Crippen LogP contribution in [0.25, 0.3) is 0 Å². The van der Waals surface area contributed by atoms with Gasteiger partial charge in [0.2, 0.25) is 0 Å². The second-order valence-electron chi connectivity index (χ2n) is 5.86. The van der Waals surface area contributed by atoms with E-state index in [4.69, 9.17) is 0 Å². The quantitative estimate of drug-likeness (QED) is 0.781. The SMILES string of the molecule is CNc1cncc(N(CCC(C)C)CCC(C)C)n1. The van der Waals surface area contributed by atoms with Gasteiger partial charge in [-0.2, -0.15) is 0 Å². The van der Waals surface area contributed by atoms with Crippen LogP contribution in [-0.4, -0.2) is 30.1 Å². The van der Waals surface area contributed by atoms with Gasteiger partial charge in [0.05, 0.1) is 12.4 Å². The van der Waals surface area contributed by atoms with Crippen molar-refractivity contribution >= 4 is 11.6 Å². The lowest BCUT2D eigenvalue weighted by molar-refractivity contribution is 0.532. The van der Waals surface area contributed by atoms with Gasteiger partial charge < -0.3 is 10.2 Å². The molecule has 0 bridgehead atoms. The summed E-state index contributed by atoms with van der Waals surface area (Å²) >= 11 is 0. The Bertz CT molecular complexity index is 351. The summed E-state index contributed by atoms with van der Waals surface area (Å²) in [6.45, 7) is 11.1. The van der Waals surface area contributed by atoms with Crippen molar-refractivity contribution in [3.8, 4) is 0 Å². The van der Waals surface area contributed by atoms with Crippen LogP contribution in [0.3, 0.4) is 0 Å². The summed E-state index contributed by atoms with van der Waals surface area (Å²) in [7, 11) is 1.88. The van der Waals surface area contributed by atoms with Crippen molar-refractivity contribution in [1.82, 2.24) is 9.97 Å². The van der Waals surface area contributed by atoms with Crippen LogP contribution in [0.1, 0.15) is 40.5 Å². The number of nitrogens with one attached hydrogen (secondary N) is 1. The van der Waals surface area contributed by atoms with Gasteiger partial charge in [-0.1, -0.05) is 27.7 Å². The highest BCUT2D eigenvalue weighted by molar-refractivity contribution is 5.43. The predicted octanol–water partition coefficient (Wildman–Crippen LogP) is 3.42. The first kappa shape index (κ1) is 15.7. The first-order valence-corrected chi connectivity index (χ1v) is 7.27. The number of rotatable bonds is 8. The van der Waals surface area contributed by atoms with E-state index < -0.39 is 0 Å². The van der Waals surface area contributed by atoms with Crippen LogP contribution in [0.2, 0.25) is 0 Å². The van der Waals surface area contributed by atoms with Gasteiger partial charge in [0.15, 0.2) is 0 Å². The number of hydrogen-bond acceptors (Lipinski definition) is 4. The molecule has 108 valence electrons. The van der Waals surface area contributed by atoms with Crippen molar-refractivity contribution < 1.29 is 0 Å². The predicted molar refractivity (Wildman–Crippen MR) is 82.7 cm³/mol. The molecule has 4 heteroatoms. The molecule has 0 fully saturated rings. The van der Waals surface area contributed by atoms with Crippen LogP contribution in [0.5, 0.6) is 0 Å². The molecule has 0 spiro atoms. The fourth-order valence-electron chi connectivity index (χ4n) is 1.80. The van der Waals surface area contributed by atoms with E-state index in [9.17, 15) is 0 Å². The van der Waals surface area contributed by atoms with E-state index in [-0.39, 0.29) is 0 Å². The lowest BCUT2D eigenvalue weighted by Gasteiger charge is -2.25. The van der Waals surface area contributed by atoms with Gasteiger partial charge in [-0.05, 0) is 24.7 Å². The van der Waals surface area contributed by atoms with Gasteiger partial charge in [-0.3, -0.25) is 4.98 Å². The van der Waals surface area contributed by atoms with Crippen molar-refractivity contribution in [2.45, 2.75) is 40.5 Å². The lowest BCUT2D eigenvalue weighted by Crippen LogP contribution is -2.28. The zero-order valence-corrected chi connectivity index (χ0v) is 13.0. The van der Waals surface area contributed by atoms with Crippen LogP contribution in [-0.2, 0) is 0 Å². The maximum absolute atomic E-state index is 4.60. The van der Waals surface area contributed by atoms with E-state index in [0.29, 0.717) is 11.8 Å². The summed E-state index contributed by atoms with van der Waals surface area (Å²) in [4.78, 5) is 11.2. The molecular formula is C15H28N4. The van der Waals surface area contributed by atoms with Crippen molar-refractivity contribution in [1.29, 1.82) is 0 Å². The number of aromatic nitrogens is 2. The fraction of sp³-hybridized carbons (Fsp3) is 0.733. The molecule has 4 nitrogen and oxygen atoms in total. The van der Waals surface area contributed by atoms with Crippen LogP contribution in [0, 0.1) is 11.8 Å². The highest BCUT2D eigenvalue weighted by atomic mass is 15.2. The zero-order valence-electron chi connectivity index (χ0n) is 13.0. The summed E-state index contributed by atoms with van der Waals surface area (Å²) in [6, 6.07) is 0. The molecule has 0 aromatic carbocycles. The van der Waals surface area contributed by atoms with Gasteiger partial charge >= 0.3 is 0 Å². The molecule has 19 heavy (non-hydrogen) atoms. The molecular weight excluding hydrogens is 236 g/mol. The standard InChI is InChI=1S/C15H28N4/c1-12(2)6-8-19(9-7-13(3)4)15-11-17-10-14(16-5)18-15/h10-13H,6-9H2,1-5H3,(H,16,18). The topological polar surface area (TPSA) is 41.1 Å². The van der Waals surface area contributed by atoms with E-state index in [1.807, 2.05) is 13.2 Å². The van der Waals surface area contributed by atoms with Crippen LogP contribution in [0.15, 0.2) is 12.4 Å². The second kappa shape index (κ2) is 7.97. The van der Waals surface area contributed by atoms with Crippen molar-refractivity contribution in [3.63, 3.8) is 0 Å². The molecule has 0 aliphatic heterocycles. The summed E-state index contributed by atoms with van der Waals surface area (Å²) in [5.74, 6) is 3.23. The fourth-order valence-corrected chi connectivity index (χ4v) is 1.80. The third-order valence-corrected chi connectivity index (χ3v) is 3.15. The Hall–Kier alpha value is -1.32. The average Bonchev–Trinajstić information content (AvgIpc) is 2.38. The Morgan fingerprint density at radius 3 is 2.11 bits per heavy atom. The Morgan fingerprint density at radius 1 is 1.05 bits per heavy atom. The maximum atomic E-state index is 4.60. The Labute approximate surface area is 117 Å². The molecule has 0 aliphatic rings. The van der Waals surface area contributed by atoms with Crippen molar-refractivity contribution in [2.75, 3.05) is 30.4 Å². The minimum Gasteiger partial charge on any atom is -0.372 e. The number of nitrogens with zero attached hydrogens (tertiary/aromatic N) is 3. The third-order valence-electron chi connectivity index (χ3n) is 3.15. The molecule has 0 saturated carbocycles. The van der Waals surface area contributed by atoms with E-state index >= 15 is 0 Å². The van der Waals surface area contributed by atoms with Gasteiger partial charge in [-0.25, -0.2) is 4.98 Å². The molecule has 0 atom stereocenters. The van der Waals surface area contributed by atoms with E-state index in [1.54, 1.807) is 6.20 Å². The lowest BCUT2D eigenvalue weighted by atomic mass is 10.1. The van der Waals surface area contributed by atoms with Gasteiger partial charge in [-0.15, -0.1) is 0 Å². The highest BCUT2D eigenvalue weighted by Gasteiger charge is 2.10. The molecule has 1 aromatic heterocycles. The van der Waals surface area contributed by atoms with E-state index in [2.05, 4.69) is 47.9 Å². The normalized spacial score (nSPS) is 11.1. The molecule has 1 rings (SSSR count). The molecule has 0 aliphatic carbocycles. The minimum atomic E-state index is 0.710. The van der Waals surface area contributed by atoms with Crippen LogP contribution in [0.4, 0.5) is 11.6 Å². The smallest absolute Gasteiger partial charge is 0.149 e. The molecule has 1 heterocycles. The Kier molecular flexibility index (Phi) is 6.60. The molecule has 0 unspecified atom stereocenters. The first-order valence-electron chi connectivity index (χ1n) is 7.27. The summed E-state index contributed by atoms with van der Waals surface area (Å²) in [6.07, 6.45) is 5.99. The Balaban J connectivity index is 2.74. The van der Waals surface area contributed by atoms with Gasteiger partial charge in [0.1, 0.15) is 11.6 Å². The summed E-state index contributed by atoms with van der Waals surface area (Å²) < 4.78 is 0. The van der Waals surface area contributed by atoms with Crippen molar-refractivity contribution in [3.05, 3.63) is 12.4 Å². The molecule has 1 N–H and O–H groups in total. The average molecular weight is 264 g/mol. The van der Waals surface area contributed by atoms with Crippen LogP contribution >= 0.6 is 0 Å². The highest BCUT2D eigenvalue weighted by Crippen LogP contribution is 2.16. The number of hydrogen-bond donors (Lipinski definition) is 1. The molecule has 0 amide bonds. The summed E-state index contributed by atoms with van der Waals surface area (Å²) in [5, 5.41) is 3.05. The van der Waals surface area contributed by atoms with E-state index in [1.165, 1.54) is 12.8 Å².